The number of aliphatic imine (C=N–C) groups is 1. The van der Waals surface area contributed by atoms with Crippen LogP contribution in [-0.4, -0.2) is 51.5 Å². The molecule has 0 radical (unpaired) electrons. The number of benzene rings is 3. The molecule has 1 aliphatic heterocycles. The first-order chi connectivity index (χ1) is 15.7. The van der Waals surface area contributed by atoms with Crippen molar-refractivity contribution >= 4 is 31.6 Å². The molecule has 0 bridgehead atoms. The highest BCUT2D eigenvalue weighted by Crippen LogP contribution is 2.36. The van der Waals surface area contributed by atoms with Gasteiger partial charge in [0.2, 0.25) is 20.0 Å². The van der Waals surface area contributed by atoms with Crippen LogP contribution in [0.15, 0.2) is 96.0 Å². The second kappa shape index (κ2) is 9.09. The Balaban J connectivity index is 1.89. The zero-order chi connectivity index (χ0) is 23.6. The molecule has 0 saturated carbocycles. The maximum absolute atomic E-state index is 12.7. The summed E-state index contributed by atoms with van der Waals surface area (Å²) in [5.74, 6) is 0.662. The average molecular weight is 484 g/mol. The lowest BCUT2D eigenvalue weighted by atomic mass is 10.0. The zero-order valence-electron chi connectivity index (χ0n) is 18.3. The van der Waals surface area contributed by atoms with Gasteiger partial charge in [0.1, 0.15) is 5.84 Å². The van der Waals surface area contributed by atoms with Gasteiger partial charge in [0, 0.05) is 17.8 Å². The van der Waals surface area contributed by atoms with E-state index in [-0.39, 0.29) is 0 Å². The van der Waals surface area contributed by atoms with Crippen LogP contribution < -0.4 is 4.90 Å². The van der Waals surface area contributed by atoms with Crippen molar-refractivity contribution in [2.75, 3.05) is 24.0 Å². The van der Waals surface area contributed by atoms with Crippen molar-refractivity contribution in [3.05, 3.63) is 102 Å². The van der Waals surface area contributed by atoms with Crippen LogP contribution in [0.2, 0.25) is 0 Å². The lowest BCUT2D eigenvalue weighted by Crippen LogP contribution is -2.44. The molecule has 4 rings (SSSR count). The number of amidine groups is 1. The smallest absolute Gasteiger partial charge is 0.224 e. The summed E-state index contributed by atoms with van der Waals surface area (Å²) in [7, 11) is -8.23. The number of sulfonamides is 2. The van der Waals surface area contributed by atoms with Gasteiger partial charge in [-0.05, 0) is 17.7 Å². The third-order valence-corrected chi connectivity index (χ3v) is 8.79. The maximum Gasteiger partial charge on any atom is 0.224 e. The molecule has 33 heavy (non-hydrogen) atoms. The molecule has 172 valence electrons. The van der Waals surface area contributed by atoms with E-state index in [1.165, 1.54) is 0 Å². The molecule has 7 nitrogen and oxygen atoms in total. The lowest BCUT2D eigenvalue weighted by Gasteiger charge is -2.31. The Morgan fingerprint density at radius 2 is 1.27 bits per heavy atom. The fraction of sp³-hybridized carbons (Fsp3) is 0.208. The average Bonchev–Trinajstić information content (AvgIpc) is 3.22. The van der Waals surface area contributed by atoms with Crippen LogP contribution in [0.1, 0.15) is 17.2 Å². The van der Waals surface area contributed by atoms with Crippen molar-refractivity contribution in [2.24, 2.45) is 4.99 Å². The first-order valence-electron chi connectivity index (χ1n) is 10.4. The minimum Gasteiger partial charge on any atom is -0.324 e. The molecule has 2 atom stereocenters. The van der Waals surface area contributed by atoms with Crippen LogP contribution in [0.5, 0.6) is 0 Å². The first-order valence-corrected chi connectivity index (χ1v) is 14.1. The van der Waals surface area contributed by atoms with Gasteiger partial charge in [-0.25, -0.2) is 16.8 Å². The third-order valence-electron chi connectivity index (χ3n) is 5.40. The summed E-state index contributed by atoms with van der Waals surface area (Å²) in [6.07, 6.45) is 1.82. The molecule has 0 N–H and O–H groups in total. The Morgan fingerprint density at radius 1 is 0.788 bits per heavy atom. The van der Waals surface area contributed by atoms with Crippen molar-refractivity contribution in [1.29, 1.82) is 0 Å². The van der Waals surface area contributed by atoms with Crippen LogP contribution in [0.3, 0.4) is 0 Å². The van der Waals surface area contributed by atoms with Crippen LogP contribution in [0.4, 0.5) is 5.69 Å². The zero-order valence-corrected chi connectivity index (χ0v) is 19.9. The lowest BCUT2D eigenvalue weighted by molar-refractivity contribution is 0.391. The van der Waals surface area contributed by atoms with E-state index in [0.29, 0.717) is 21.7 Å². The van der Waals surface area contributed by atoms with E-state index >= 15 is 0 Å². The highest BCUT2D eigenvalue weighted by molar-refractivity contribution is 8.03. The number of hydrogen-bond donors (Lipinski definition) is 0. The largest absolute Gasteiger partial charge is 0.324 e. The summed E-state index contributed by atoms with van der Waals surface area (Å²) in [6, 6.07) is 26.3. The van der Waals surface area contributed by atoms with Gasteiger partial charge in [-0.3, -0.25) is 4.99 Å². The Kier molecular flexibility index (Phi) is 6.38. The molecule has 1 aliphatic rings. The van der Waals surface area contributed by atoms with Crippen molar-refractivity contribution in [1.82, 2.24) is 3.71 Å². The molecule has 0 spiro atoms. The molecule has 0 fully saturated rings. The van der Waals surface area contributed by atoms with Gasteiger partial charge in [-0.15, -0.1) is 0 Å². The maximum atomic E-state index is 12.7. The summed E-state index contributed by atoms with van der Waals surface area (Å²) in [6.45, 7) is 0.315. The quantitative estimate of drug-likeness (QED) is 0.515. The van der Waals surface area contributed by atoms with Crippen molar-refractivity contribution in [2.45, 2.75) is 12.1 Å². The highest BCUT2D eigenvalue weighted by atomic mass is 32.3. The number of rotatable bonds is 7. The van der Waals surface area contributed by atoms with Gasteiger partial charge < -0.3 is 4.90 Å². The molecule has 3 aromatic rings. The van der Waals surface area contributed by atoms with Crippen LogP contribution in [0.25, 0.3) is 0 Å². The van der Waals surface area contributed by atoms with E-state index in [1.54, 1.807) is 30.3 Å². The second-order valence-corrected chi connectivity index (χ2v) is 11.9. The molecule has 9 heteroatoms. The Morgan fingerprint density at radius 3 is 1.79 bits per heavy atom. The summed E-state index contributed by atoms with van der Waals surface area (Å²) in [5.41, 5.74) is 2.31. The second-order valence-electron chi connectivity index (χ2n) is 7.94. The van der Waals surface area contributed by atoms with Gasteiger partial charge in [0.05, 0.1) is 24.6 Å². The number of para-hydroxylation sites is 1. The molecule has 1 heterocycles. The molecule has 0 saturated heterocycles. The van der Waals surface area contributed by atoms with Gasteiger partial charge >= 0.3 is 0 Å². The standard InChI is InChI=1S/C24H25N3O4S2/c1-32(28,29)27(33(2,30)31)23(19-12-6-3-7-13-19)22-18-26(21-16-10-5-11-17-21)24(25-22)20-14-8-4-9-15-20/h3-17,22-23H,18H2,1-2H3/t22-,23+/m0/s1. The summed E-state index contributed by atoms with van der Waals surface area (Å²) >= 11 is 0. The van der Waals surface area contributed by atoms with E-state index in [4.69, 9.17) is 4.99 Å². The monoisotopic (exact) mass is 483 g/mol. The molecule has 3 aromatic carbocycles. The fourth-order valence-electron chi connectivity index (χ4n) is 4.16. The van der Waals surface area contributed by atoms with E-state index < -0.39 is 32.1 Å². The SMILES string of the molecule is CS(=O)(=O)N([C@H](c1ccccc1)[C@@H]1CN(c2ccccc2)C(c2ccccc2)=N1)S(C)(=O)=O. The molecule has 0 aliphatic carbocycles. The Bertz CT molecular complexity index is 1310. The minimum atomic E-state index is -4.11. The first kappa shape index (κ1) is 23.2. The van der Waals surface area contributed by atoms with Gasteiger partial charge in [-0.2, -0.15) is 0 Å². The summed E-state index contributed by atoms with van der Waals surface area (Å²) < 4.78 is 51.5. The van der Waals surface area contributed by atoms with Crippen LogP contribution in [0, 0.1) is 0 Å². The van der Waals surface area contributed by atoms with E-state index in [1.807, 2.05) is 65.6 Å². The summed E-state index contributed by atoms with van der Waals surface area (Å²) in [4.78, 5) is 6.91. The van der Waals surface area contributed by atoms with Crippen LogP contribution >= 0.6 is 0 Å². The minimum absolute atomic E-state index is 0.315. The van der Waals surface area contributed by atoms with Gasteiger partial charge in [0.25, 0.3) is 0 Å². The normalized spacial score (nSPS) is 17.7. The highest BCUT2D eigenvalue weighted by Gasteiger charge is 2.44. The Hall–Kier alpha value is -3.01. The van der Waals surface area contributed by atoms with Gasteiger partial charge in [0.15, 0.2) is 0 Å². The number of hydrogen-bond acceptors (Lipinski definition) is 6. The molecule has 0 aromatic heterocycles. The predicted octanol–water partition coefficient (Wildman–Crippen LogP) is 3.28. The van der Waals surface area contributed by atoms with Crippen LogP contribution in [-0.2, 0) is 20.0 Å². The van der Waals surface area contributed by atoms with Crippen molar-refractivity contribution in [3.63, 3.8) is 0 Å². The Labute approximate surface area is 195 Å². The van der Waals surface area contributed by atoms with Crippen molar-refractivity contribution in [3.8, 4) is 0 Å². The molecule has 0 unspecified atom stereocenters. The van der Waals surface area contributed by atoms with E-state index in [9.17, 15) is 16.8 Å². The molecular formula is C24H25N3O4S2. The topological polar surface area (TPSA) is 87.1 Å². The summed E-state index contributed by atoms with van der Waals surface area (Å²) in [5, 5.41) is 0. The van der Waals surface area contributed by atoms with E-state index in [0.717, 1.165) is 23.8 Å². The van der Waals surface area contributed by atoms with Gasteiger partial charge in [-0.1, -0.05) is 82.6 Å². The molecule has 0 amide bonds. The fourth-order valence-corrected chi connectivity index (χ4v) is 7.47. The number of nitrogens with zero attached hydrogens (tertiary/aromatic N) is 3. The number of anilines is 1. The predicted molar refractivity (Wildman–Crippen MR) is 131 cm³/mol. The molecular weight excluding hydrogens is 458 g/mol. The third kappa shape index (κ3) is 5.00. The van der Waals surface area contributed by atoms with E-state index in [2.05, 4.69) is 0 Å². The van der Waals surface area contributed by atoms with Crippen molar-refractivity contribution < 1.29 is 16.8 Å².